The topological polar surface area (TPSA) is 47.0 Å². The molecule has 1 aliphatic rings. The van der Waals surface area contributed by atoms with Crippen molar-refractivity contribution in [1.82, 2.24) is 10.2 Å². The molecule has 0 amide bonds. The fraction of sp³-hybridized carbons (Fsp3) is 0.529. The van der Waals surface area contributed by atoms with Gasteiger partial charge in [0.1, 0.15) is 0 Å². The van der Waals surface area contributed by atoms with Crippen LogP contribution in [0.2, 0.25) is 0 Å². The van der Waals surface area contributed by atoms with Crippen LogP contribution in [0.25, 0.3) is 0 Å². The molecule has 0 aliphatic carbocycles. The third-order valence-corrected chi connectivity index (χ3v) is 6.16. The summed E-state index contributed by atoms with van der Waals surface area (Å²) in [6.07, 6.45) is 4.75. The Hall–Kier alpha value is -1.11. The minimum atomic E-state index is 0.382. The molecule has 0 spiro atoms. The zero-order valence-corrected chi connectivity index (χ0v) is 15.3. The smallest absolute Gasteiger partial charge is 0.210 e. The van der Waals surface area contributed by atoms with Gasteiger partial charge in [0.05, 0.1) is 6.10 Å². The highest BCUT2D eigenvalue weighted by Crippen LogP contribution is 2.32. The normalized spacial score (nSPS) is 17.6. The lowest BCUT2D eigenvalue weighted by Crippen LogP contribution is -2.07. The first-order valence-corrected chi connectivity index (χ1v) is 10.1. The summed E-state index contributed by atoms with van der Waals surface area (Å²) in [7, 11) is 0. The number of benzene rings is 1. The van der Waals surface area contributed by atoms with Gasteiger partial charge in [-0.1, -0.05) is 55.1 Å². The Morgan fingerprint density at radius 3 is 2.70 bits per heavy atom. The first kappa shape index (κ1) is 16.7. The average molecular weight is 350 g/mol. The standard InChI is InChI=1S/C17H23N3OS2/c1-3-12-7-5-8-13(4-2)15(12)18-16-19-20-17(23-16)22-11-14-9-6-10-21-14/h5,7-8,14H,3-4,6,9-11H2,1-2H3,(H,18,19)/t14-/m0/s1. The number of anilines is 2. The van der Waals surface area contributed by atoms with Crippen molar-refractivity contribution in [2.45, 2.75) is 50.0 Å². The zero-order valence-electron chi connectivity index (χ0n) is 13.7. The Morgan fingerprint density at radius 1 is 1.26 bits per heavy atom. The summed E-state index contributed by atoms with van der Waals surface area (Å²) in [6.45, 7) is 5.27. The maximum atomic E-state index is 5.66. The van der Waals surface area contributed by atoms with E-state index < -0.39 is 0 Å². The molecule has 124 valence electrons. The van der Waals surface area contributed by atoms with Gasteiger partial charge in [-0.25, -0.2) is 0 Å². The number of rotatable bonds is 7. The first-order chi connectivity index (χ1) is 11.3. The van der Waals surface area contributed by atoms with Gasteiger partial charge in [0, 0.05) is 18.0 Å². The Morgan fingerprint density at radius 2 is 2.04 bits per heavy atom. The van der Waals surface area contributed by atoms with Gasteiger partial charge in [-0.2, -0.15) is 0 Å². The number of nitrogens with zero attached hydrogens (tertiary/aromatic N) is 2. The molecule has 0 radical (unpaired) electrons. The van der Waals surface area contributed by atoms with E-state index in [9.17, 15) is 0 Å². The second kappa shape index (κ2) is 8.13. The van der Waals surface area contributed by atoms with E-state index in [-0.39, 0.29) is 0 Å². The highest BCUT2D eigenvalue weighted by Gasteiger charge is 2.17. The van der Waals surface area contributed by atoms with Crippen molar-refractivity contribution < 1.29 is 4.74 Å². The molecule has 1 fully saturated rings. The van der Waals surface area contributed by atoms with E-state index in [1.807, 2.05) is 0 Å². The van der Waals surface area contributed by atoms with Crippen LogP contribution in [0.15, 0.2) is 22.5 Å². The van der Waals surface area contributed by atoms with Gasteiger partial charge in [-0.15, -0.1) is 10.2 Å². The Balaban J connectivity index is 1.66. The van der Waals surface area contributed by atoms with Gasteiger partial charge in [-0.3, -0.25) is 0 Å². The minimum absolute atomic E-state index is 0.382. The van der Waals surface area contributed by atoms with Crippen LogP contribution in [-0.2, 0) is 17.6 Å². The number of aryl methyl sites for hydroxylation is 2. The molecule has 1 aromatic carbocycles. The molecule has 3 rings (SSSR count). The maximum absolute atomic E-state index is 5.66. The molecule has 4 nitrogen and oxygen atoms in total. The van der Waals surface area contributed by atoms with E-state index in [0.717, 1.165) is 34.7 Å². The Kier molecular flexibility index (Phi) is 5.91. The van der Waals surface area contributed by atoms with E-state index in [1.54, 1.807) is 23.1 Å². The molecule has 1 atom stereocenters. The number of hydrogen-bond acceptors (Lipinski definition) is 6. The van der Waals surface area contributed by atoms with Crippen molar-refractivity contribution in [2.24, 2.45) is 0 Å². The van der Waals surface area contributed by atoms with Gasteiger partial charge in [0.15, 0.2) is 4.34 Å². The van der Waals surface area contributed by atoms with E-state index in [4.69, 9.17) is 4.74 Å². The van der Waals surface area contributed by atoms with Gasteiger partial charge < -0.3 is 10.1 Å². The zero-order chi connectivity index (χ0) is 16.1. The number of nitrogens with one attached hydrogen (secondary N) is 1. The van der Waals surface area contributed by atoms with Crippen molar-refractivity contribution in [3.8, 4) is 0 Å². The minimum Gasteiger partial charge on any atom is -0.377 e. The van der Waals surface area contributed by atoms with Crippen molar-refractivity contribution in [1.29, 1.82) is 0 Å². The lowest BCUT2D eigenvalue weighted by Gasteiger charge is -2.13. The van der Waals surface area contributed by atoms with Crippen LogP contribution >= 0.6 is 23.1 Å². The van der Waals surface area contributed by atoms with Crippen molar-refractivity contribution in [3.05, 3.63) is 29.3 Å². The first-order valence-electron chi connectivity index (χ1n) is 8.25. The van der Waals surface area contributed by atoms with Crippen LogP contribution in [0.4, 0.5) is 10.8 Å². The van der Waals surface area contributed by atoms with Crippen LogP contribution in [-0.4, -0.2) is 28.7 Å². The van der Waals surface area contributed by atoms with Crippen LogP contribution in [0.3, 0.4) is 0 Å². The molecule has 1 aromatic heterocycles. The largest absolute Gasteiger partial charge is 0.377 e. The number of ether oxygens (including phenoxy) is 1. The monoisotopic (exact) mass is 349 g/mol. The molecular weight excluding hydrogens is 326 g/mol. The summed E-state index contributed by atoms with van der Waals surface area (Å²) in [6, 6.07) is 6.48. The summed E-state index contributed by atoms with van der Waals surface area (Å²) >= 11 is 3.37. The summed E-state index contributed by atoms with van der Waals surface area (Å²) in [5.41, 5.74) is 3.85. The van der Waals surface area contributed by atoms with Crippen LogP contribution in [0.5, 0.6) is 0 Å². The van der Waals surface area contributed by atoms with E-state index in [1.165, 1.54) is 29.7 Å². The van der Waals surface area contributed by atoms with Crippen molar-refractivity contribution in [2.75, 3.05) is 17.7 Å². The highest BCUT2D eigenvalue weighted by molar-refractivity contribution is 8.01. The van der Waals surface area contributed by atoms with Crippen LogP contribution in [0.1, 0.15) is 37.8 Å². The van der Waals surface area contributed by atoms with Crippen molar-refractivity contribution in [3.63, 3.8) is 0 Å². The van der Waals surface area contributed by atoms with Crippen LogP contribution < -0.4 is 5.32 Å². The fourth-order valence-corrected chi connectivity index (χ4v) is 4.62. The summed E-state index contributed by atoms with van der Waals surface area (Å²) in [5.74, 6) is 0.973. The maximum Gasteiger partial charge on any atom is 0.210 e. The van der Waals surface area contributed by atoms with Gasteiger partial charge in [0.2, 0.25) is 5.13 Å². The Labute approximate surface area is 146 Å². The van der Waals surface area contributed by atoms with Gasteiger partial charge >= 0.3 is 0 Å². The van der Waals surface area contributed by atoms with Gasteiger partial charge in [-0.05, 0) is 36.8 Å². The number of para-hydroxylation sites is 1. The molecule has 2 aromatic rings. The second-order valence-electron chi connectivity index (χ2n) is 5.60. The van der Waals surface area contributed by atoms with E-state index in [2.05, 4.69) is 47.6 Å². The summed E-state index contributed by atoms with van der Waals surface area (Å²) in [5, 5.41) is 13.0. The van der Waals surface area contributed by atoms with Gasteiger partial charge in [0.25, 0.3) is 0 Å². The van der Waals surface area contributed by atoms with E-state index >= 15 is 0 Å². The third-order valence-electron chi connectivity index (χ3n) is 4.05. The molecule has 1 N–H and O–H groups in total. The lowest BCUT2D eigenvalue weighted by molar-refractivity contribution is 0.129. The van der Waals surface area contributed by atoms with Crippen molar-refractivity contribution >= 4 is 33.9 Å². The summed E-state index contributed by atoms with van der Waals surface area (Å²) < 4.78 is 6.67. The molecule has 23 heavy (non-hydrogen) atoms. The molecule has 1 aliphatic heterocycles. The highest BCUT2D eigenvalue weighted by atomic mass is 32.2. The molecule has 0 unspecified atom stereocenters. The quantitative estimate of drug-likeness (QED) is 0.736. The number of hydrogen-bond donors (Lipinski definition) is 1. The fourth-order valence-electron chi connectivity index (χ4n) is 2.77. The summed E-state index contributed by atoms with van der Waals surface area (Å²) in [4.78, 5) is 0. The Bertz CT molecular complexity index is 616. The van der Waals surface area contributed by atoms with E-state index in [0.29, 0.717) is 6.10 Å². The predicted octanol–water partition coefficient (Wildman–Crippen LogP) is 4.68. The third kappa shape index (κ3) is 4.25. The molecule has 2 heterocycles. The average Bonchev–Trinajstić information content (AvgIpc) is 3.24. The SMILES string of the molecule is CCc1cccc(CC)c1Nc1nnc(SC[C@@H]2CCCO2)s1. The second-order valence-corrected chi connectivity index (χ2v) is 7.85. The molecule has 0 bridgehead atoms. The molecule has 6 heteroatoms. The predicted molar refractivity (Wildman–Crippen MR) is 98.1 cm³/mol. The lowest BCUT2D eigenvalue weighted by atomic mass is 10.0. The number of aromatic nitrogens is 2. The number of thioether (sulfide) groups is 1. The molecule has 0 saturated carbocycles. The van der Waals surface area contributed by atoms with Crippen LogP contribution in [0, 0.1) is 0 Å². The molecule has 1 saturated heterocycles. The molecular formula is C17H23N3OS2.